The molecule has 7 heteroatoms. The number of hydrogen-bond acceptors (Lipinski definition) is 4. The number of nitrogens with one attached hydrogen (secondary N) is 1. The quantitative estimate of drug-likeness (QED) is 0.364. The fourth-order valence-electron chi connectivity index (χ4n) is 4.69. The van der Waals surface area contributed by atoms with Gasteiger partial charge in [0.2, 0.25) is 5.91 Å². The monoisotopic (exact) mass is 498 g/mol. The Morgan fingerprint density at radius 2 is 1.54 bits per heavy atom. The number of rotatable bonds is 11. The lowest BCUT2D eigenvalue weighted by Crippen LogP contribution is -2.49. The molecule has 7 nitrogen and oxygen atoms in total. The van der Waals surface area contributed by atoms with Gasteiger partial charge in [0.1, 0.15) is 12.6 Å². The van der Waals surface area contributed by atoms with Crippen LogP contribution in [0.15, 0.2) is 91.5 Å². The average Bonchev–Trinajstić information content (AvgIpc) is 3.23. The van der Waals surface area contributed by atoms with E-state index in [0.717, 1.165) is 27.8 Å². The Bertz CT molecular complexity index is 1230. The van der Waals surface area contributed by atoms with Gasteiger partial charge in [-0.1, -0.05) is 84.9 Å². The van der Waals surface area contributed by atoms with E-state index in [-0.39, 0.29) is 38.5 Å². The zero-order valence-corrected chi connectivity index (χ0v) is 20.5. The highest BCUT2D eigenvalue weighted by Crippen LogP contribution is 2.44. The normalized spacial score (nSPS) is 12.6. The van der Waals surface area contributed by atoms with Gasteiger partial charge < -0.3 is 20.1 Å². The summed E-state index contributed by atoms with van der Waals surface area (Å²) in [6.07, 6.45) is 0.815. The third-order valence-electron chi connectivity index (χ3n) is 6.46. The Labute approximate surface area is 216 Å². The van der Waals surface area contributed by atoms with Crippen LogP contribution in [0.1, 0.15) is 35.4 Å². The van der Waals surface area contributed by atoms with Crippen molar-refractivity contribution >= 4 is 18.0 Å². The molecule has 3 aromatic rings. The number of benzene rings is 3. The maximum atomic E-state index is 13.4. The summed E-state index contributed by atoms with van der Waals surface area (Å²) in [7, 11) is 0. The first kappa shape index (κ1) is 25.7. The number of ether oxygens (including phenoxy) is 1. The third-order valence-corrected chi connectivity index (χ3v) is 6.46. The number of nitrogens with zero attached hydrogens (tertiary/aromatic N) is 1. The van der Waals surface area contributed by atoms with Gasteiger partial charge in [0.25, 0.3) is 0 Å². The molecule has 1 aliphatic carbocycles. The molecule has 0 bridgehead atoms. The number of amides is 2. The van der Waals surface area contributed by atoms with Crippen LogP contribution in [0, 0.1) is 0 Å². The molecule has 2 amide bonds. The summed E-state index contributed by atoms with van der Waals surface area (Å²) in [6, 6.07) is 24.5. The Balaban J connectivity index is 1.44. The number of carboxylic acids is 1. The van der Waals surface area contributed by atoms with Crippen LogP contribution in [-0.4, -0.2) is 47.2 Å². The largest absolute Gasteiger partial charge is 0.481 e. The molecule has 1 unspecified atom stereocenters. The molecule has 0 saturated carbocycles. The molecule has 4 rings (SSSR count). The van der Waals surface area contributed by atoms with E-state index in [1.54, 1.807) is 6.08 Å². The van der Waals surface area contributed by atoms with Crippen LogP contribution in [-0.2, 0) is 20.9 Å². The second-order valence-electron chi connectivity index (χ2n) is 8.94. The lowest BCUT2D eigenvalue weighted by molar-refractivity contribution is -0.139. The summed E-state index contributed by atoms with van der Waals surface area (Å²) in [5, 5.41) is 11.8. The first-order chi connectivity index (χ1) is 18.0. The van der Waals surface area contributed by atoms with Gasteiger partial charge in [-0.05, 0) is 34.2 Å². The van der Waals surface area contributed by atoms with Crippen molar-refractivity contribution in [3.8, 4) is 11.1 Å². The van der Waals surface area contributed by atoms with E-state index < -0.39 is 24.0 Å². The molecule has 0 spiro atoms. The SMILES string of the molecule is C=CCC(NC(=O)OCC1c2ccccc2-c2ccccc21)C(=O)N(CCC(=O)O)Cc1ccccc1. The van der Waals surface area contributed by atoms with Crippen molar-refractivity contribution in [1.82, 2.24) is 10.2 Å². The molecule has 3 aromatic carbocycles. The topological polar surface area (TPSA) is 95.9 Å². The lowest BCUT2D eigenvalue weighted by atomic mass is 9.98. The van der Waals surface area contributed by atoms with Crippen molar-refractivity contribution in [3.05, 3.63) is 108 Å². The standard InChI is InChI=1S/C30H30N2O5/c1-2-10-27(29(35)32(18-17-28(33)34)19-21-11-4-3-5-12-21)31-30(36)37-20-26-24-15-8-6-13-22(24)23-14-7-9-16-25(23)26/h2-9,11-16,26-27H,1,10,17-20H2,(H,31,36)(H,33,34). The van der Waals surface area contributed by atoms with Crippen molar-refractivity contribution in [3.63, 3.8) is 0 Å². The summed E-state index contributed by atoms with van der Waals surface area (Å²) in [6.45, 7) is 4.08. The number of aliphatic carboxylic acids is 1. The first-order valence-corrected chi connectivity index (χ1v) is 12.2. The first-order valence-electron chi connectivity index (χ1n) is 12.2. The number of carbonyl (C=O) groups is 3. The van der Waals surface area contributed by atoms with E-state index in [4.69, 9.17) is 9.84 Å². The van der Waals surface area contributed by atoms with Gasteiger partial charge in [-0.3, -0.25) is 9.59 Å². The molecule has 0 fully saturated rings. The predicted octanol–water partition coefficient (Wildman–Crippen LogP) is 4.97. The third kappa shape index (κ3) is 6.25. The second-order valence-corrected chi connectivity index (χ2v) is 8.94. The van der Waals surface area contributed by atoms with Crippen LogP contribution in [0.25, 0.3) is 11.1 Å². The summed E-state index contributed by atoms with van der Waals surface area (Å²) in [4.78, 5) is 38.9. The van der Waals surface area contributed by atoms with Gasteiger partial charge in [0.15, 0.2) is 0 Å². The summed E-state index contributed by atoms with van der Waals surface area (Å²) in [5.74, 6) is -1.49. The molecule has 0 aromatic heterocycles. The van der Waals surface area contributed by atoms with Gasteiger partial charge in [0, 0.05) is 19.0 Å². The predicted molar refractivity (Wildman–Crippen MR) is 141 cm³/mol. The van der Waals surface area contributed by atoms with E-state index in [9.17, 15) is 14.4 Å². The fraction of sp³-hybridized carbons (Fsp3) is 0.233. The lowest BCUT2D eigenvalue weighted by Gasteiger charge is -2.27. The van der Waals surface area contributed by atoms with Gasteiger partial charge >= 0.3 is 12.1 Å². The van der Waals surface area contributed by atoms with Crippen molar-refractivity contribution in [1.29, 1.82) is 0 Å². The smallest absolute Gasteiger partial charge is 0.407 e. The highest BCUT2D eigenvalue weighted by atomic mass is 16.5. The van der Waals surface area contributed by atoms with Gasteiger partial charge in [0.05, 0.1) is 6.42 Å². The molecular weight excluding hydrogens is 468 g/mol. The van der Waals surface area contributed by atoms with Gasteiger partial charge in [-0.25, -0.2) is 4.79 Å². The molecule has 1 aliphatic rings. The maximum absolute atomic E-state index is 13.4. The molecular formula is C30H30N2O5. The minimum Gasteiger partial charge on any atom is -0.481 e. The summed E-state index contributed by atoms with van der Waals surface area (Å²) < 4.78 is 5.61. The second kappa shape index (κ2) is 12.0. The van der Waals surface area contributed by atoms with Crippen LogP contribution in [0.3, 0.4) is 0 Å². The summed E-state index contributed by atoms with van der Waals surface area (Å²) >= 11 is 0. The van der Waals surface area contributed by atoms with Crippen molar-refractivity contribution < 1.29 is 24.2 Å². The van der Waals surface area contributed by atoms with Crippen molar-refractivity contribution in [2.75, 3.05) is 13.2 Å². The maximum Gasteiger partial charge on any atom is 0.407 e. The number of alkyl carbamates (subject to hydrolysis) is 1. The number of carboxylic acid groups (broad SMARTS) is 1. The molecule has 0 heterocycles. The van der Waals surface area contributed by atoms with Crippen LogP contribution < -0.4 is 5.32 Å². The van der Waals surface area contributed by atoms with Gasteiger partial charge in [-0.2, -0.15) is 0 Å². The molecule has 190 valence electrons. The molecule has 0 saturated heterocycles. The Hall–Kier alpha value is -4.39. The molecule has 2 N–H and O–H groups in total. The fourth-order valence-corrected chi connectivity index (χ4v) is 4.69. The van der Waals surface area contributed by atoms with Crippen LogP contribution >= 0.6 is 0 Å². The Kier molecular flexibility index (Phi) is 8.36. The van der Waals surface area contributed by atoms with Crippen LogP contribution in [0.2, 0.25) is 0 Å². The molecule has 0 radical (unpaired) electrons. The Morgan fingerprint density at radius 1 is 0.946 bits per heavy atom. The molecule has 0 aliphatic heterocycles. The zero-order chi connectivity index (χ0) is 26.2. The highest BCUT2D eigenvalue weighted by molar-refractivity contribution is 5.86. The average molecular weight is 499 g/mol. The summed E-state index contributed by atoms with van der Waals surface area (Å²) in [5.41, 5.74) is 5.30. The molecule has 1 atom stereocenters. The molecule has 37 heavy (non-hydrogen) atoms. The van der Waals surface area contributed by atoms with Crippen LogP contribution in [0.4, 0.5) is 4.79 Å². The van der Waals surface area contributed by atoms with Crippen molar-refractivity contribution in [2.24, 2.45) is 0 Å². The highest BCUT2D eigenvalue weighted by Gasteiger charge is 2.30. The van der Waals surface area contributed by atoms with Gasteiger partial charge in [-0.15, -0.1) is 6.58 Å². The Morgan fingerprint density at radius 3 is 2.14 bits per heavy atom. The van der Waals surface area contributed by atoms with Crippen LogP contribution in [0.5, 0.6) is 0 Å². The van der Waals surface area contributed by atoms with E-state index >= 15 is 0 Å². The van der Waals surface area contributed by atoms with E-state index in [1.165, 1.54) is 4.90 Å². The number of carbonyl (C=O) groups excluding carboxylic acids is 2. The van der Waals surface area contributed by atoms with Crippen molar-refractivity contribution in [2.45, 2.75) is 31.3 Å². The zero-order valence-electron chi connectivity index (χ0n) is 20.5. The minimum absolute atomic E-state index is 0.0169. The van der Waals surface area contributed by atoms with E-state index in [0.29, 0.717) is 0 Å². The number of hydrogen-bond donors (Lipinski definition) is 2. The number of fused-ring (bicyclic) bond motifs is 3. The van der Waals surface area contributed by atoms with E-state index in [1.807, 2.05) is 66.7 Å². The van der Waals surface area contributed by atoms with E-state index in [2.05, 4.69) is 24.0 Å². The minimum atomic E-state index is -1.00.